The average molecular weight is 351 g/mol. The highest BCUT2D eigenvalue weighted by atomic mass is 32.2. The summed E-state index contributed by atoms with van der Waals surface area (Å²) in [4.78, 5) is 11.0. The van der Waals surface area contributed by atoms with Gasteiger partial charge in [-0.25, -0.2) is 22.3 Å². The van der Waals surface area contributed by atoms with Crippen LogP contribution in [0.5, 0.6) is 0 Å². The Balaban J connectivity index is 2.53. The Kier molecular flexibility index (Phi) is 4.77. The molecule has 2 rings (SSSR count). The monoisotopic (exact) mass is 351 g/mol. The summed E-state index contributed by atoms with van der Waals surface area (Å²) in [6.45, 7) is 5.14. The normalized spacial score (nSPS) is 12.2. The molecule has 2 aromatic rings. The molecule has 0 spiro atoms. The number of hydrogen-bond acceptors (Lipinski definition) is 3. The van der Waals surface area contributed by atoms with Crippen molar-refractivity contribution < 1.29 is 22.7 Å². The second-order valence-electron chi connectivity index (χ2n) is 6.38. The minimum atomic E-state index is -3.78. The lowest BCUT2D eigenvalue weighted by atomic mass is 10.0. The summed E-state index contributed by atoms with van der Waals surface area (Å²) in [6.07, 6.45) is 0. The number of rotatable bonds is 4. The average Bonchev–Trinajstić information content (AvgIpc) is 2.45. The third-order valence-electron chi connectivity index (χ3n) is 3.11. The van der Waals surface area contributed by atoms with Gasteiger partial charge in [-0.1, -0.05) is 12.1 Å². The van der Waals surface area contributed by atoms with E-state index in [0.717, 1.165) is 12.1 Å². The van der Waals surface area contributed by atoms with Gasteiger partial charge in [-0.3, -0.25) is 0 Å². The molecular weight excluding hydrogens is 333 g/mol. The molecule has 0 aliphatic rings. The van der Waals surface area contributed by atoms with Gasteiger partial charge in [0.1, 0.15) is 5.82 Å². The largest absolute Gasteiger partial charge is 0.478 e. The van der Waals surface area contributed by atoms with E-state index in [1.165, 1.54) is 30.3 Å². The van der Waals surface area contributed by atoms with Crippen molar-refractivity contribution in [1.82, 2.24) is 4.72 Å². The summed E-state index contributed by atoms with van der Waals surface area (Å²) in [7, 11) is -3.78. The van der Waals surface area contributed by atoms with Crippen LogP contribution in [0.25, 0.3) is 11.1 Å². The molecule has 0 saturated heterocycles. The van der Waals surface area contributed by atoms with Crippen LogP contribution in [0, 0.1) is 5.82 Å². The SMILES string of the molecule is CC(C)(C)NS(=O)(=O)c1cccc(-c2cc(C(=O)O)ccc2F)c1. The quantitative estimate of drug-likeness (QED) is 0.885. The number of benzene rings is 2. The summed E-state index contributed by atoms with van der Waals surface area (Å²) in [5.74, 6) is -1.81. The second-order valence-corrected chi connectivity index (χ2v) is 8.07. The molecule has 24 heavy (non-hydrogen) atoms. The van der Waals surface area contributed by atoms with Crippen LogP contribution in [0.1, 0.15) is 31.1 Å². The zero-order valence-electron chi connectivity index (χ0n) is 13.5. The smallest absolute Gasteiger partial charge is 0.335 e. The van der Waals surface area contributed by atoms with Crippen molar-refractivity contribution in [2.24, 2.45) is 0 Å². The van der Waals surface area contributed by atoms with Crippen LogP contribution in [0.2, 0.25) is 0 Å². The molecule has 0 bridgehead atoms. The molecule has 0 radical (unpaired) electrons. The van der Waals surface area contributed by atoms with Gasteiger partial charge >= 0.3 is 5.97 Å². The van der Waals surface area contributed by atoms with Gasteiger partial charge in [0, 0.05) is 11.1 Å². The van der Waals surface area contributed by atoms with Crippen molar-refractivity contribution in [3.63, 3.8) is 0 Å². The van der Waals surface area contributed by atoms with E-state index in [1.807, 2.05) is 0 Å². The molecular formula is C17H18FNO4S. The van der Waals surface area contributed by atoms with Crippen molar-refractivity contribution in [1.29, 1.82) is 0 Å². The number of aromatic carboxylic acids is 1. The second kappa shape index (κ2) is 6.33. The predicted octanol–water partition coefficient (Wildman–Crippen LogP) is 3.27. The van der Waals surface area contributed by atoms with Gasteiger partial charge in [0.05, 0.1) is 10.5 Å². The number of carbonyl (C=O) groups is 1. The fraction of sp³-hybridized carbons (Fsp3) is 0.235. The molecule has 2 aromatic carbocycles. The van der Waals surface area contributed by atoms with E-state index in [0.29, 0.717) is 0 Å². The topological polar surface area (TPSA) is 83.5 Å². The molecule has 128 valence electrons. The van der Waals surface area contributed by atoms with E-state index in [4.69, 9.17) is 5.11 Å². The van der Waals surface area contributed by atoms with E-state index in [1.54, 1.807) is 20.8 Å². The van der Waals surface area contributed by atoms with Gasteiger partial charge < -0.3 is 5.11 Å². The molecule has 0 aliphatic heterocycles. The molecule has 0 fully saturated rings. The van der Waals surface area contributed by atoms with Gasteiger partial charge in [0.15, 0.2) is 0 Å². The van der Waals surface area contributed by atoms with Crippen LogP contribution in [0.4, 0.5) is 4.39 Å². The van der Waals surface area contributed by atoms with Crippen LogP contribution >= 0.6 is 0 Å². The minimum Gasteiger partial charge on any atom is -0.478 e. The molecule has 7 heteroatoms. The first kappa shape index (κ1) is 18.1. The summed E-state index contributed by atoms with van der Waals surface area (Å²) < 4.78 is 41.4. The summed E-state index contributed by atoms with van der Waals surface area (Å²) in [5.41, 5.74) is -0.425. The van der Waals surface area contributed by atoms with Gasteiger partial charge in [-0.15, -0.1) is 0 Å². The predicted molar refractivity (Wildman–Crippen MR) is 88.9 cm³/mol. The van der Waals surface area contributed by atoms with Gasteiger partial charge in [-0.05, 0) is 56.7 Å². The molecule has 0 unspecified atom stereocenters. The van der Waals surface area contributed by atoms with Gasteiger partial charge in [0.2, 0.25) is 10.0 Å². The number of nitrogens with one attached hydrogen (secondary N) is 1. The van der Waals surface area contributed by atoms with Crippen molar-refractivity contribution in [2.45, 2.75) is 31.2 Å². The first-order chi connectivity index (χ1) is 11.0. The van der Waals surface area contributed by atoms with Crippen molar-refractivity contribution in [2.75, 3.05) is 0 Å². The minimum absolute atomic E-state index is 0.0185. The highest BCUT2D eigenvalue weighted by Gasteiger charge is 2.22. The van der Waals surface area contributed by atoms with Gasteiger partial charge in [0.25, 0.3) is 0 Å². The zero-order valence-corrected chi connectivity index (χ0v) is 14.3. The molecule has 0 atom stereocenters. The molecule has 0 aliphatic carbocycles. The molecule has 5 nitrogen and oxygen atoms in total. The van der Waals surface area contributed by atoms with E-state index >= 15 is 0 Å². The van der Waals surface area contributed by atoms with E-state index in [-0.39, 0.29) is 21.6 Å². The number of carboxylic acids is 1. The number of sulfonamides is 1. The highest BCUT2D eigenvalue weighted by molar-refractivity contribution is 7.89. The third-order valence-corrected chi connectivity index (χ3v) is 4.86. The highest BCUT2D eigenvalue weighted by Crippen LogP contribution is 2.26. The molecule has 2 N–H and O–H groups in total. The van der Waals surface area contributed by atoms with Crippen LogP contribution in [-0.4, -0.2) is 25.0 Å². The van der Waals surface area contributed by atoms with Crippen LogP contribution in [-0.2, 0) is 10.0 Å². The van der Waals surface area contributed by atoms with Gasteiger partial charge in [-0.2, -0.15) is 0 Å². The van der Waals surface area contributed by atoms with Crippen LogP contribution < -0.4 is 4.72 Å². The third kappa shape index (κ3) is 4.18. The Labute approximate surface area is 140 Å². The van der Waals surface area contributed by atoms with Crippen LogP contribution in [0.3, 0.4) is 0 Å². The van der Waals surface area contributed by atoms with Crippen molar-refractivity contribution >= 4 is 16.0 Å². The fourth-order valence-electron chi connectivity index (χ4n) is 2.17. The van der Waals surface area contributed by atoms with E-state index < -0.39 is 27.3 Å². The summed E-state index contributed by atoms with van der Waals surface area (Å²) in [6, 6.07) is 9.12. The maximum absolute atomic E-state index is 14.1. The first-order valence-electron chi connectivity index (χ1n) is 7.17. The van der Waals surface area contributed by atoms with E-state index in [9.17, 15) is 17.6 Å². The Morgan fingerprint density at radius 3 is 2.38 bits per heavy atom. The summed E-state index contributed by atoms with van der Waals surface area (Å²) in [5, 5.41) is 9.03. The molecule has 0 heterocycles. The summed E-state index contributed by atoms with van der Waals surface area (Å²) >= 11 is 0. The Morgan fingerprint density at radius 2 is 1.79 bits per heavy atom. The maximum atomic E-state index is 14.1. The Bertz CT molecular complexity index is 886. The first-order valence-corrected chi connectivity index (χ1v) is 8.65. The van der Waals surface area contributed by atoms with Crippen molar-refractivity contribution in [3.8, 4) is 11.1 Å². The molecule has 0 saturated carbocycles. The van der Waals surface area contributed by atoms with Crippen LogP contribution in [0.15, 0.2) is 47.4 Å². The Hall–Kier alpha value is -2.25. The Morgan fingerprint density at radius 1 is 1.12 bits per heavy atom. The number of hydrogen-bond donors (Lipinski definition) is 2. The fourth-order valence-corrected chi connectivity index (χ4v) is 3.64. The van der Waals surface area contributed by atoms with Crippen molar-refractivity contribution in [3.05, 3.63) is 53.8 Å². The van der Waals surface area contributed by atoms with E-state index in [2.05, 4.69) is 4.72 Å². The maximum Gasteiger partial charge on any atom is 0.335 e. The molecule has 0 aromatic heterocycles. The lowest BCUT2D eigenvalue weighted by Crippen LogP contribution is -2.40. The lowest BCUT2D eigenvalue weighted by molar-refractivity contribution is 0.0697. The molecule has 0 amide bonds. The number of carboxylic acid groups (broad SMARTS) is 1. The number of halogens is 1. The standard InChI is InChI=1S/C17H18FNO4S/c1-17(2,3)19-24(22,23)13-6-4-5-11(9-13)14-10-12(16(20)21)7-8-15(14)18/h4-10,19H,1-3H3,(H,20,21). The zero-order chi connectivity index (χ0) is 18.1. The lowest BCUT2D eigenvalue weighted by Gasteiger charge is -2.20.